The number of halogens is 4. The number of anilines is 1. The number of carbonyl (C=O) groups excluding carboxylic acids is 3. The summed E-state index contributed by atoms with van der Waals surface area (Å²) < 4.78 is 30.1. The molecule has 0 atom stereocenters. The predicted molar refractivity (Wildman–Crippen MR) is 145 cm³/mol. The number of para-hydroxylation sites is 2. The predicted octanol–water partition coefficient (Wildman–Crippen LogP) is -1.15. The van der Waals surface area contributed by atoms with Crippen LogP contribution in [0.25, 0.3) is 11.0 Å². The molecule has 3 aromatic rings. The first kappa shape index (κ1) is 45.1. The van der Waals surface area contributed by atoms with Crippen molar-refractivity contribution in [2.24, 2.45) is 0 Å². The van der Waals surface area contributed by atoms with Gasteiger partial charge in [0.2, 0.25) is 5.76 Å². The number of nitriles is 1. The van der Waals surface area contributed by atoms with Gasteiger partial charge in [0.25, 0.3) is 6.47 Å². The van der Waals surface area contributed by atoms with Crippen molar-refractivity contribution < 1.29 is 153 Å². The summed E-state index contributed by atoms with van der Waals surface area (Å²) in [6.07, 6.45) is 0. The average Bonchev–Trinajstić information content (AvgIpc) is 3.29. The Hall–Kier alpha value is -0.297. The maximum atomic E-state index is 11.5. The Morgan fingerprint density at radius 3 is 2.12 bits per heavy atom. The number of nitrogen functional groups attached to an aromatic ring is 1. The second-order valence-electron chi connectivity index (χ2n) is 6.06. The Labute approximate surface area is 342 Å². The van der Waals surface area contributed by atoms with Crippen molar-refractivity contribution in [1.82, 2.24) is 0 Å². The summed E-state index contributed by atoms with van der Waals surface area (Å²) in [7, 11) is -1.00. The number of hydrogen-bond donors (Lipinski definition) is 2. The summed E-state index contributed by atoms with van der Waals surface area (Å²) >= 11 is 14.4. The Kier molecular flexibility index (Phi) is 32.8. The molecule has 216 valence electrons. The number of rotatable bonds is 5. The molecule has 2 aromatic carbocycles. The van der Waals surface area contributed by atoms with Gasteiger partial charge >= 0.3 is 115 Å². The third-order valence-corrected chi connectivity index (χ3v) is 4.79. The summed E-state index contributed by atoms with van der Waals surface area (Å²) in [6, 6.07) is 11.6. The molecule has 0 fully saturated rings. The second-order valence-corrected chi connectivity index (χ2v) is 7.44. The standard InChI is InChI=1S/C11H10ClNO3.C7H4ClNO.C4H7BrO2.CH3F.CH2O3.2K.H/c1-2-15-11(14)10-8(13)6-4-3-5-7(12)9(6)16-10;8-6-3-1-2-5(4-9)7(6)10;1-2-7-4(6)3-5;1-2;2-1-4-3;;;/h3-5H,2,13H2,1H3;1-3,10H;2-3H2,1H3;1H3;1,3H;;;/q;;;;;2*+1;-1/p-1/i;;;1D;;;;. The van der Waals surface area contributed by atoms with E-state index >= 15 is 0 Å². The van der Waals surface area contributed by atoms with Crippen LogP contribution in [0.3, 0.4) is 0 Å². The Morgan fingerprint density at radius 2 is 1.73 bits per heavy atom. The van der Waals surface area contributed by atoms with Crippen LogP contribution >= 0.6 is 39.1 Å². The van der Waals surface area contributed by atoms with E-state index < -0.39 is 13.1 Å². The number of nitrogens with zero attached hydrogens (tertiary/aromatic N) is 1. The molecule has 0 aliphatic heterocycles. The summed E-state index contributed by atoms with van der Waals surface area (Å²) in [5.41, 5.74) is 6.65. The molecule has 3 N–H and O–H groups in total. The maximum absolute atomic E-state index is 11.5. The van der Waals surface area contributed by atoms with Gasteiger partial charge in [-0.15, -0.1) is 0 Å². The molecule has 0 saturated heterocycles. The van der Waals surface area contributed by atoms with Gasteiger partial charge in [-0.3, -0.25) is 14.0 Å². The zero-order valence-electron chi connectivity index (χ0n) is 24.6. The van der Waals surface area contributed by atoms with E-state index in [9.17, 15) is 14.0 Å². The number of nitrogens with two attached hydrogens (primary N) is 1. The number of carbonyl (C=O) groups is 3. The molecular weight excluding hydrogens is 708 g/mol. The minimum atomic E-state index is -1.00. The van der Waals surface area contributed by atoms with E-state index in [0.717, 1.165) is 0 Å². The third-order valence-electron chi connectivity index (χ3n) is 3.73. The largest absolute Gasteiger partial charge is 1.00 e. The topological polar surface area (TPSA) is 185 Å². The smallest absolute Gasteiger partial charge is 1.00 e. The van der Waals surface area contributed by atoms with Gasteiger partial charge in [0.1, 0.15) is 11.4 Å². The van der Waals surface area contributed by atoms with Crippen LogP contribution in [0.2, 0.25) is 10.0 Å². The SMILES string of the molecule is CCOC(=O)CBr.CCOC(=O)c1oc2c(Cl)cccc2c1N.N#Cc1cccc(Cl)c1O.O=CO[O-].[2H]CF.[H-].[K+].[K+]. The van der Waals surface area contributed by atoms with Gasteiger partial charge in [0.15, 0.2) is 11.3 Å². The average molecular weight is 735 g/mol. The van der Waals surface area contributed by atoms with Gasteiger partial charge in [-0.05, 0) is 38.1 Å². The van der Waals surface area contributed by atoms with Crippen LogP contribution in [0, 0.1) is 11.3 Å². The minimum absolute atomic E-state index is 0. The fourth-order valence-corrected chi connectivity index (χ4v) is 2.81. The first-order valence-electron chi connectivity index (χ1n) is 11.1. The monoisotopic (exact) mass is 733 g/mol. The quantitative estimate of drug-likeness (QED) is 0.0806. The summed E-state index contributed by atoms with van der Waals surface area (Å²) in [6.45, 7) is 4.04. The number of phenols is 1. The molecule has 17 heteroatoms. The van der Waals surface area contributed by atoms with Gasteiger partial charge in [-0.1, -0.05) is 51.3 Å². The van der Waals surface area contributed by atoms with Gasteiger partial charge in [-0.2, -0.15) is 5.26 Å². The molecule has 0 aliphatic carbocycles. The number of aromatic hydroxyl groups is 1. The summed E-state index contributed by atoms with van der Waals surface area (Å²) in [5.74, 6) is -0.925. The van der Waals surface area contributed by atoms with Crippen LogP contribution in [-0.2, 0) is 24.0 Å². The molecule has 0 unspecified atom stereocenters. The zero-order valence-corrected chi connectivity index (χ0v) is 32.0. The number of alkyl halides is 2. The Balaban J connectivity index is -0.000000155. The van der Waals surface area contributed by atoms with Crippen molar-refractivity contribution in [2.45, 2.75) is 13.8 Å². The van der Waals surface area contributed by atoms with E-state index in [1.165, 1.54) is 12.1 Å². The van der Waals surface area contributed by atoms with Crippen molar-refractivity contribution in [3.05, 3.63) is 57.8 Å². The van der Waals surface area contributed by atoms with Crippen LogP contribution in [0.4, 0.5) is 10.1 Å². The molecule has 0 aliphatic rings. The number of fused-ring (bicyclic) bond motifs is 1. The van der Waals surface area contributed by atoms with Crippen LogP contribution in [-0.4, -0.2) is 49.2 Å². The van der Waals surface area contributed by atoms with Crippen molar-refractivity contribution >= 4 is 74.2 Å². The first-order valence-corrected chi connectivity index (χ1v) is 12.2. The molecule has 0 bridgehead atoms. The molecule has 11 nitrogen and oxygen atoms in total. The number of esters is 2. The number of furan rings is 1. The number of ether oxygens (including phenoxy) is 2. The third kappa shape index (κ3) is 18.9. The van der Waals surface area contributed by atoms with Crippen molar-refractivity contribution in [3.8, 4) is 11.8 Å². The fraction of sp³-hybridized carbons (Fsp3) is 0.250. The van der Waals surface area contributed by atoms with Gasteiger partial charge in [-0.25, -0.2) is 4.79 Å². The van der Waals surface area contributed by atoms with E-state index in [2.05, 4.69) is 25.6 Å². The zero-order chi connectivity index (χ0) is 31.1. The molecule has 3 rings (SSSR count). The van der Waals surface area contributed by atoms with Crippen LogP contribution < -0.4 is 114 Å². The van der Waals surface area contributed by atoms with Crippen LogP contribution in [0.15, 0.2) is 40.8 Å². The second kappa shape index (κ2) is 29.8. The van der Waals surface area contributed by atoms with Crippen molar-refractivity contribution in [1.29, 1.82) is 5.26 Å². The van der Waals surface area contributed by atoms with Gasteiger partial charge in [0.05, 0.1) is 43.0 Å². The van der Waals surface area contributed by atoms with E-state index in [0.29, 0.717) is 27.9 Å². The Morgan fingerprint density at radius 1 is 1.22 bits per heavy atom. The molecule has 1 aromatic heterocycles. The van der Waals surface area contributed by atoms with Gasteiger partial charge < -0.3 is 36.3 Å². The Bertz CT molecular complexity index is 1260. The summed E-state index contributed by atoms with van der Waals surface area (Å²) in [4.78, 5) is 32.9. The number of phenolic OH excluding ortho intramolecular Hbond substituents is 1. The van der Waals surface area contributed by atoms with E-state index in [-0.39, 0.29) is 151 Å². The van der Waals surface area contributed by atoms with Crippen LogP contribution in [0.1, 0.15) is 32.8 Å². The molecule has 1 heterocycles. The van der Waals surface area contributed by atoms with E-state index in [1.807, 2.05) is 0 Å². The molecule has 0 radical (unpaired) electrons. The molecule has 41 heavy (non-hydrogen) atoms. The van der Waals surface area contributed by atoms with Gasteiger partial charge in [0, 0.05) is 5.39 Å². The maximum Gasteiger partial charge on any atom is 1.00 e. The minimum Gasteiger partial charge on any atom is -1.00 e. The molecule has 0 spiro atoms. The molecule has 0 saturated carbocycles. The molecule has 0 amide bonds. The van der Waals surface area contributed by atoms with Crippen molar-refractivity contribution in [3.63, 3.8) is 0 Å². The van der Waals surface area contributed by atoms with Crippen molar-refractivity contribution in [2.75, 3.05) is 31.4 Å². The van der Waals surface area contributed by atoms with E-state index in [4.69, 9.17) is 59.9 Å². The number of benzene rings is 2. The first-order chi connectivity index (χ1) is 19.0. The normalized spacial score (nSPS) is 8.68. The number of hydrogen-bond acceptors (Lipinski definition) is 11. The van der Waals surface area contributed by atoms with Crippen LogP contribution in [0.5, 0.6) is 5.75 Å². The fourth-order valence-electron chi connectivity index (χ4n) is 2.26. The summed E-state index contributed by atoms with van der Waals surface area (Å²) in [5, 5.41) is 27.4. The molecular formula is C24H26BrCl2FK2N2O9. The van der Waals surface area contributed by atoms with E-state index in [1.54, 1.807) is 44.2 Å².